The smallest absolute Gasteiger partial charge is 0.227 e. The highest BCUT2D eigenvalue weighted by molar-refractivity contribution is 5.88. The van der Waals surface area contributed by atoms with E-state index >= 15 is 0 Å². The Hall–Kier alpha value is -1.71. The Morgan fingerprint density at radius 3 is 2.61 bits per heavy atom. The number of carbonyl (C=O) groups excluding carboxylic acids is 1. The van der Waals surface area contributed by atoms with Crippen molar-refractivity contribution in [2.24, 2.45) is 0 Å². The lowest BCUT2D eigenvalue weighted by molar-refractivity contribution is -0.525. The molecule has 0 spiro atoms. The highest BCUT2D eigenvalue weighted by Gasteiger charge is 2.42. The zero-order chi connectivity index (χ0) is 13.2. The van der Waals surface area contributed by atoms with Crippen LogP contribution in [0.25, 0.3) is 0 Å². The maximum Gasteiger partial charge on any atom is 0.227 e. The highest BCUT2D eigenvalue weighted by Crippen LogP contribution is 2.27. The third-order valence-corrected chi connectivity index (χ3v) is 3.54. The molecule has 0 bridgehead atoms. The van der Waals surface area contributed by atoms with Gasteiger partial charge in [-0.15, -0.1) is 0 Å². The van der Waals surface area contributed by atoms with Crippen molar-refractivity contribution in [3.05, 3.63) is 40.9 Å². The summed E-state index contributed by atoms with van der Waals surface area (Å²) in [5.41, 5.74) is -0.363. The van der Waals surface area contributed by atoms with Gasteiger partial charge >= 0.3 is 0 Å². The van der Waals surface area contributed by atoms with Gasteiger partial charge in [0, 0.05) is 25.3 Å². The Balaban J connectivity index is 2.26. The first-order valence-corrected chi connectivity index (χ1v) is 6.12. The Morgan fingerprint density at radius 2 is 2.00 bits per heavy atom. The Bertz CT molecular complexity index is 481. The van der Waals surface area contributed by atoms with Crippen molar-refractivity contribution in [1.82, 2.24) is 0 Å². The molecule has 0 amide bonds. The van der Waals surface area contributed by atoms with E-state index in [-0.39, 0.29) is 11.6 Å². The highest BCUT2D eigenvalue weighted by atomic mass is 19.1. The van der Waals surface area contributed by atoms with Gasteiger partial charge in [0.25, 0.3) is 0 Å². The second kappa shape index (κ2) is 4.88. The van der Waals surface area contributed by atoms with E-state index in [1.807, 2.05) is 0 Å². The molecule has 3 nitrogen and oxygen atoms in total. The summed E-state index contributed by atoms with van der Waals surface area (Å²) in [5.74, 6) is -0.355. The number of hydrogen-bond acceptors (Lipinski definition) is 2. The number of halogens is 1. The molecule has 4 heteroatoms. The molecule has 1 fully saturated rings. The summed E-state index contributed by atoms with van der Waals surface area (Å²) in [7, 11) is 0. The van der Waals surface area contributed by atoms with Crippen LogP contribution in [0.15, 0.2) is 24.3 Å². The van der Waals surface area contributed by atoms with Crippen molar-refractivity contribution in [1.29, 1.82) is 0 Å². The van der Waals surface area contributed by atoms with E-state index in [0.717, 1.165) is 17.6 Å². The van der Waals surface area contributed by atoms with E-state index in [1.54, 1.807) is 6.92 Å². The van der Waals surface area contributed by atoms with E-state index in [1.165, 1.54) is 30.5 Å². The zero-order valence-electron chi connectivity index (χ0n) is 10.4. The van der Waals surface area contributed by atoms with Gasteiger partial charge in [-0.1, -0.05) is 0 Å². The summed E-state index contributed by atoms with van der Waals surface area (Å²) in [4.78, 5) is 11.9. The van der Waals surface area contributed by atoms with Crippen molar-refractivity contribution in [2.75, 3.05) is 0 Å². The lowest BCUT2D eigenvalue weighted by Crippen LogP contribution is -2.46. The standard InChI is InChI=1S/C14H16FNO2/c1-14(9-3-2-4-13(14)17)16(18)10-11-5-7-12(15)8-6-11/h5-8,10H,2-4,9H2,1H3. The van der Waals surface area contributed by atoms with Crippen LogP contribution in [0.5, 0.6) is 0 Å². The van der Waals surface area contributed by atoms with Crippen molar-refractivity contribution >= 4 is 12.0 Å². The zero-order valence-corrected chi connectivity index (χ0v) is 10.4. The molecule has 1 aliphatic rings. The molecule has 0 radical (unpaired) electrons. The number of rotatable bonds is 2. The molecule has 1 unspecified atom stereocenters. The summed E-state index contributed by atoms with van der Waals surface area (Å²) in [5, 5.41) is 12.1. The van der Waals surface area contributed by atoms with Crippen LogP contribution in [0.3, 0.4) is 0 Å². The molecule has 96 valence electrons. The Morgan fingerprint density at radius 1 is 1.33 bits per heavy atom. The van der Waals surface area contributed by atoms with Crippen LogP contribution in [0, 0.1) is 11.0 Å². The van der Waals surface area contributed by atoms with E-state index < -0.39 is 5.54 Å². The molecule has 18 heavy (non-hydrogen) atoms. The summed E-state index contributed by atoms with van der Waals surface area (Å²) in [6.07, 6.45) is 4.15. The average molecular weight is 249 g/mol. The monoisotopic (exact) mass is 249 g/mol. The van der Waals surface area contributed by atoms with Crippen LogP contribution >= 0.6 is 0 Å². The largest absolute Gasteiger partial charge is 0.623 e. The molecular weight excluding hydrogens is 233 g/mol. The minimum Gasteiger partial charge on any atom is -0.623 e. The fraction of sp³-hybridized carbons (Fsp3) is 0.429. The minimum atomic E-state index is -0.966. The van der Waals surface area contributed by atoms with Crippen LogP contribution in [-0.2, 0) is 4.79 Å². The summed E-state index contributed by atoms with van der Waals surface area (Å²) in [6.45, 7) is 1.68. The van der Waals surface area contributed by atoms with Gasteiger partial charge in [-0.05, 0) is 37.1 Å². The molecule has 0 aliphatic heterocycles. The molecular formula is C14H16FNO2. The summed E-state index contributed by atoms with van der Waals surface area (Å²) < 4.78 is 13.5. The van der Waals surface area contributed by atoms with E-state index in [4.69, 9.17) is 0 Å². The molecule has 1 aromatic rings. The van der Waals surface area contributed by atoms with E-state index in [0.29, 0.717) is 18.4 Å². The first-order valence-electron chi connectivity index (χ1n) is 6.12. The molecule has 0 saturated heterocycles. The van der Waals surface area contributed by atoms with Gasteiger partial charge < -0.3 is 5.21 Å². The molecule has 1 aliphatic carbocycles. The normalized spacial score (nSPS) is 25.2. The fourth-order valence-corrected chi connectivity index (χ4v) is 2.22. The molecule has 1 saturated carbocycles. The molecule has 0 aromatic heterocycles. The van der Waals surface area contributed by atoms with Crippen LogP contribution in [0.1, 0.15) is 38.2 Å². The predicted molar refractivity (Wildman–Crippen MR) is 67.1 cm³/mol. The number of nitrogens with zero attached hydrogens (tertiary/aromatic N) is 1. The second-order valence-corrected chi connectivity index (χ2v) is 4.91. The second-order valence-electron chi connectivity index (χ2n) is 4.91. The number of hydrogen-bond donors (Lipinski definition) is 0. The van der Waals surface area contributed by atoms with E-state index in [2.05, 4.69) is 0 Å². The molecule has 0 N–H and O–H groups in total. The third-order valence-electron chi connectivity index (χ3n) is 3.54. The number of hydroxylamine groups is 1. The maximum absolute atomic E-state index is 12.8. The van der Waals surface area contributed by atoms with Crippen molar-refractivity contribution in [3.63, 3.8) is 0 Å². The van der Waals surface area contributed by atoms with Gasteiger partial charge in [0.05, 0.1) is 0 Å². The first-order chi connectivity index (χ1) is 8.52. The van der Waals surface area contributed by atoms with Crippen molar-refractivity contribution in [3.8, 4) is 0 Å². The predicted octanol–water partition coefficient (Wildman–Crippen LogP) is 2.66. The Labute approximate surface area is 106 Å². The van der Waals surface area contributed by atoms with Gasteiger partial charge in [0.2, 0.25) is 11.3 Å². The SMILES string of the molecule is CC1([N+]([O-])=Cc2ccc(F)cc2)CCCCC1=O. The lowest BCUT2D eigenvalue weighted by Gasteiger charge is -2.30. The maximum atomic E-state index is 12.8. The number of Topliss-reactive ketones (excluding diaryl/α,β-unsaturated/α-hetero) is 1. The lowest BCUT2D eigenvalue weighted by atomic mass is 9.82. The van der Waals surface area contributed by atoms with Crippen molar-refractivity contribution < 1.29 is 13.9 Å². The van der Waals surface area contributed by atoms with Gasteiger partial charge in [0.15, 0.2) is 6.21 Å². The summed E-state index contributed by atoms with van der Waals surface area (Å²) >= 11 is 0. The Kier molecular flexibility index (Phi) is 3.45. The quantitative estimate of drug-likeness (QED) is 0.350. The minimum absolute atomic E-state index is 0.0119. The summed E-state index contributed by atoms with van der Waals surface area (Å²) in [6, 6.07) is 5.64. The van der Waals surface area contributed by atoms with Crippen LogP contribution in [0.4, 0.5) is 4.39 Å². The fourth-order valence-electron chi connectivity index (χ4n) is 2.22. The van der Waals surface area contributed by atoms with Crippen molar-refractivity contribution in [2.45, 2.75) is 38.1 Å². The topological polar surface area (TPSA) is 43.1 Å². The molecule has 1 aromatic carbocycles. The third kappa shape index (κ3) is 2.42. The van der Waals surface area contributed by atoms with Crippen LogP contribution in [-0.4, -0.2) is 22.3 Å². The molecule has 1 atom stereocenters. The number of benzene rings is 1. The van der Waals surface area contributed by atoms with Crippen LogP contribution < -0.4 is 0 Å². The van der Waals surface area contributed by atoms with Gasteiger partial charge in [-0.25, -0.2) is 4.39 Å². The van der Waals surface area contributed by atoms with Gasteiger partial charge in [-0.2, -0.15) is 4.74 Å². The molecule has 0 heterocycles. The number of ketones is 1. The van der Waals surface area contributed by atoms with Gasteiger partial charge in [0.1, 0.15) is 5.82 Å². The first kappa shape index (κ1) is 12.7. The molecule has 2 rings (SSSR count). The number of carbonyl (C=O) groups is 1. The average Bonchev–Trinajstić information content (AvgIpc) is 2.36. The van der Waals surface area contributed by atoms with Gasteiger partial charge in [-0.3, -0.25) is 4.79 Å². The van der Waals surface area contributed by atoms with Crippen LogP contribution in [0.2, 0.25) is 0 Å². The van der Waals surface area contributed by atoms with E-state index in [9.17, 15) is 14.4 Å².